The fraction of sp³-hybridized carbons (Fsp3) is 0.963. The predicted molar refractivity (Wildman–Crippen MR) is 150 cm³/mol. The Kier molecular flexibility index (Phi) is 24.0. The zero-order chi connectivity index (χ0) is 26.2. The van der Waals surface area contributed by atoms with Gasteiger partial charge in [-0.25, -0.2) is 9.36 Å². The minimum atomic E-state index is -4.13. The Morgan fingerprint density at radius 3 is 1.74 bits per heavy atom. The van der Waals surface area contributed by atoms with E-state index in [1.165, 1.54) is 89.9 Å². The van der Waals surface area contributed by atoms with Gasteiger partial charge in [-0.1, -0.05) is 117 Å². The van der Waals surface area contributed by atoms with E-state index in [0.29, 0.717) is 6.42 Å². The van der Waals surface area contributed by atoms with E-state index in [4.69, 9.17) is 14.2 Å². The number of phosphoric ester groups is 1. The van der Waals surface area contributed by atoms with Crippen molar-refractivity contribution in [3.8, 4) is 0 Å². The van der Waals surface area contributed by atoms with E-state index in [1.54, 1.807) is 0 Å². The average Bonchev–Trinajstić information content (AvgIpc) is 2.81. The summed E-state index contributed by atoms with van der Waals surface area (Å²) in [6.07, 6.45) is 20.0. The van der Waals surface area contributed by atoms with Gasteiger partial charge in [0.1, 0.15) is 0 Å². The summed E-state index contributed by atoms with van der Waals surface area (Å²) in [4.78, 5) is 11.0. The topological polar surface area (TPSA) is 82.1 Å². The summed E-state index contributed by atoms with van der Waals surface area (Å²) in [5.41, 5.74) is 0. The molecule has 0 radical (unpaired) electrons. The third kappa shape index (κ3) is 21.6. The Labute approximate surface area is 220 Å². The fourth-order valence-corrected chi connectivity index (χ4v) is 6.78. The Balaban J connectivity index is 4.45. The molecule has 0 aliphatic heterocycles. The van der Waals surface area contributed by atoms with Crippen LogP contribution in [-0.4, -0.2) is 35.0 Å². The van der Waals surface area contributed by atoms with Crippen molar-refractivity contribution >= 4 is 25.7 Å². The summed E-state index contributed by atoms with van der Waals surface area (Å²) in [6.45, 7) is 8.31. The highest BCUT2D eigenvalue weighted by molar-refractivity contribution is 7.99. The number of thioether (sulfide) groups is 1. The van der Waals surface area contributed by atoms with Crippen LogP contribution in [0.4, 0.5) is 4.79 Å². The average molecular weight is 539 g/mol. The van der Waals surface area contributed by atoms with E-state index in [2.05, 4.69) is 18.4 Å². The highest BCUT2D eigenvalue weighted by atomic mass is 32.2. The first-order valence-corrected chi connectivity index (χ1v) is 16.9. The molecule has 0 aromatic carbocycles. The van der Waals surface area contributed by atoms with Crippen LogP contribution in [0.15, 0.2) is 0 Å². The van der Waals surface area contributed by atoms with Gasteiger partial charge >= 0.3 is 14.0 Å². The molecule has 0 aromatic heterocycles. The lowest BCUT2D eigenvalue weighted by Crippen LogP contribution is -2.24. The van der Waals surface area contributed by atoms with Gasteiger partial charge in [0, 0.05) is 5.25 Å². The molecule has 0 aliphatic carbocycles. The number of carboxylic acid groups (broad SMARTS) is 1. The molecule has 0 fully saturated rings. The lowest BCUT2D eigenvalue weighted by molar-refractivity contribution is 0.0764. The summed E-state index contributed by atoms with van der Waals surface area (Å²) in [6, 6.07) is 0. The maximum absolute atomic E-state index is 12.8. The van der Waals surface area contributed by atoms with Crippen LogP contribution < -0.4 is 0 Å². The number of rotatable bonds is 26. The Bertz CT molecular complexity index is 534. The fourth-order valence-electron chi connectivity index (χ4n) is 4.05. The molecular weight excluding hydrogens is 483 g/mol. The van der Waals surface area contributed by atoms with Crippen molar-refractivity contribution in [3.05, 3.63) is 0 Å². The molecule has 0 saturated heterocycles. The van der Waals surface area contributed by atoms with Crippen LogP contribution in [0.3, 0.4) is 0 Å². The summed E-state index contributed by atoms with van der Waals surface area (Å²) in [7, 11) is -4.13. The minimum Gasteiger partial charge on any atom is -0.449 e. The normalized spacial score (nSPS) is 15.0. The molecule has 0 heterocycles. The molecule has 3 atom stereocenters. The molecule has 0 aromatic rings. The van der Waals surface area contributed by atoms with Crippen LogP contribution in [0.1, 0.15) is 143 Å². The Hall–Kier alpha value is -0.230. The van der Waals surface area contributed by atoms with Gasteiger partial charge < -0.3 is 9.63 Å². The van der Waals surface area contributed by atoms with Crippen LogP contribution in [0.5, 0.6) is 0 Å². The summed E-state index contributed by atoms with van der Waals surface area (Å²) in [5, 5.41) is 9.13. The molecular formula is C27H55O6PS. The number of unbranched alkanes of at least 4 members (excludes halogenated alkanes) is 14. The zero-order valence-corrected chi connectivity index (χ0v) is 24.9. The van der Waals surface area contributed by atoms with Gasteiger partial charge in [0.05, 0.1) is 12.7 Å². The van der Waals surface area contributed by atoms with Gasteiger partial charge in [0.15, 0.2) is 0 Å². The van der Waals surface area contributed by atoms with Crippen molar-refractivity contribution in [2.75, 3.05) is 12.4 Å². The Morgan fingerprint density at radius 2 is 1.26 bits per heavy atom. The van der Waals surface area contributed by atoms with Crippen LogP contribution in [0.25, 0.3) is 0 Å². The lowest BCUT2D eigenvalue weighted by atomic mass is 10.1. The standard InChI is InChI=1S/C27H55O6PS/c1-5-8-10-12-13-14-15-16-17-19-21-24-35-26(22-20-18-11-9-6-2)25(4)32-34(30,31-23-7-3)33-27(28)29/h25-26H,5-24H2,1-4H3,(H,28,29). The molecule has 0 rings (SSSR count). The highest BCUT2D eigenvalue weighted by Gasteiger charge is 2.35. The SMILES string of the molecule is CCCCCCCCCCCCCSC(CCCCCCC)C(C)OP(=O)(OCCC)OC(=O)O. The first-order chi connectivity index (χ1) is 16.9. The second-order valence-electron chi connectivity index (χ2n) is 9.60. The molecule has 3 unspecified atom stereocenters. The van der Waals surface area contributed by atoms with Gasteiger partial charge in [0.2, 0.25) is 0 Å². The molecule has 0 bridgehead atoms. The van der Waals surface area contributed by atoms with Crippen molar-refractivity contribution in [3.63, 3.8) is 0 Å². The van der Waals surface area contributed by atoms with E-state index < -0.39 is 20.1 Å². The third-order valence-corrected chi connectivity index (χ3v) is 9.18. The van der Waals surface area contributed by atoms with Crippen molar-refractivity contribution < 1.29 is 28.0 Å². The van der Waals surface area contributed by atoms with Crippen LogP contribution in [0, 0.1) is 0 Å². The maximum Gasteiger partial charge on any atom is 0.534 e. The van der Waals surface area contributed by atoms with Gasteiger partial charge in [0.25, 0.3) is 0 Å². The molecule has 0 amide bonds. The zero-order valence-electron chi connectivity index (χ0n) is 23.1. The van der Waals surface area contributed by atoms with E-state index in [1.807, 2.05) is 25.6 Å². The first kappa shape index (κ1) is 34.8. The Morgan fingerprint density at radius 1 is 0.771 bits per heavy atom. The molecule has 0 saturated carbocycles. The quantitative estimate of drug-likeness (QED) is 0.0866. The van der Waals surface area contributed by atoms with Crippen molar-refractivity contribution in [2.24, 2.45) is 0 Å². The predicted octanol–water partition coefficient (Wildman–Crippen LogP) is 10.4. The smallest absolute Gasteiger partial charge is 0.449 e. The number of carbonyl (C=O) groups is 1. The monoisotopic (exact) mass is 538 g/mol. The minimum absolute atomic E-state index is 0.130. The molecule has 35 heavy (non-hydrogen) atoms. The van der Waals surface area contributed by atoms with Crippen molar-refractivity contribution in [2.45, 2.75) is 155 Å². The number of phosphoric acid groups is 1. The van der Waals surface area contributed by atoms with Gasteiger partial charge in [-0.3, -0.25) is 9.05 Å². The highest BCUT2D eigenvalue weighted by Crippen LogP contribution is 2.52. The van der Waals surface area contributed by atoms with Gasteiger partial charge in [-0.05, 0) is 31.9 Å². The summed E-state index contributed by atoms with van der Waals surface area (Å²) < 4.78 is 28.2. The summed E-state index contributed by atoms with van der Waals surface area (Å²) >= 11 is 1.85. The van der Waals surface area contributed by atoms with Crippen molar-refractivity contribution in [1.29, 1.82) is 0 Å². The molecule has 0 spiro atoms. The molecule has 210 valence electrons. The maximum atomic E-state index is 12.8. The van der Waals surface area contributed by atoms with Crippen molar-refractivity contribution in [1.82, 2.24) is 0 Å². The third-order valence-electron chi connectivity index (χ3n) is 6.13. The molecule has 0 aliphatic rings. The number of hydrogen-bond donors (Lipinski definition) is 1. The van der Waals surface area contributed by atoms with E-state index >= 15 is 0 Å². The molecule has 1 N–H and O–H groups in total. The second-order valence-corrected chi connectivity index (χ2v) is 12.5. The van der Waals surface area contributed by atoms with Gasteiger partial charge in [-0.2, -0.15) is 11.8 Å². The van der Waals surface area contributed by atoms with Crippen LogP contribution in [0.2, 0.25) is 0 Å². The first-order valence-electron chi connectivity index (χ1n) is 14.4. The molecule has 8 heteroatoms. The lowest BCUT2D eigenvalue weighted by Gasteiger charge is -2.26. The second kappa shape index (κ2) is 24.1. The van der Waals surface area contributed by atoms with E-state index in [9.17, 15) is 9.36 Å². The molecule has 6 nitrogen and oxygen atoms in total. The van der Waals surface area contributed by atoms with E-state index in [-0.39, 0.29) is 11.9 Å². The summed E-state index contributed by atoms with van der Waals surface area (Å²) in [5.74, 6) is 1.03. The van der Waals surface area contributed by atoms with Crippen LogP contribution >= 0.6 is 19.6 Å². The largest absolute Gasteiger partial charge is 0.534 e. The van der Waals surface area contributed by atoms with Crippen LogP contribution in [-0.2, 0) is 18.1 Å². The van der Waals surface area contributed by atoms with E-state index in [0.717, 1.165) is 25.0 Å². The number of hydrogen-bond acceptors (Lipinski definition) is 6. The van der Waals surface area contributed by atoms with Gasteiger partial charge in [-0.15, -0.1) is 0 Å².